The second-order valence-corrected chi connectivity index (χ2v) is 7.29. The van der Waals surface area contributed by atoms with Crippen molar-refractivity contribution in [3.63, 3.8) is 0 Å². The lowest BCUT2D eigenvalue weighted by Gasteiger charge is -2.55. The zero-order valence-corrected chi connectivity index (χ0v) is 14.1. The molecule has 1 saturated heterocycles. The van der Waals surface area contributed by atoms with Crippen molar-refractivity contribution in [1.82, 2.24) is 10.2 Å². The van der Waals surface area contributed by atoms with E-state index in [1.807, 2.05) is 0 Å². The van der Waals surface area contributed by atoms with Crippen molar-refractivity contribution >= 4 is 0 Å². The fourth-order valence-electron chi connectivity index (χ4n) is 4.11. The Morgan fingerprint density at radius 1 is 1.10 bits per heavy atom. The predicted molar refractivity (Wildman–Crippen MR) is 88.1 cm³/mol. The summed E-state index contributed by atoms with van der Waals surface area (Å²) >= 11 is 0. The Labute approximate surface area is 126 Å². The third-order valence-corrected chi connectivity index (χ3v) is 5.80. The molecule has 2 fully saturated rings. The molecule has 116 valence electrons. The third kappa shape index (κ3) is 3.28. The van der Waals surface area contributed by atoms with Crippen molar-refractivity contribution in [2.24, 2.45) is 0 Å². The molecule has 2 nitrogen and oxygen atoms in total. The molecular weight excluding hydrogens is 244 g/mol. The van der Waals surface area contributed by atoms with Crippen LogP contribution in [-0.2, 0) is 0 Å². The summed E-state index contributed by atoms with van der Waals surface area (Å²) in [6.07, 6.45) is 11.9. The van der Waals surface area contributed by atoms with Crippen LogP contribution in [0.5, 0.6) is 0 Å². The molecule has 0 radical (unpaired) electrons. The summed E-state index contributed by atoms with van der Waals surface area (Å²) in [4.78, 5) is 2.79. The van der Waals surface area contributed by atoms with Gasteiger partial charge in [-0.2, -0.15) is 0 Å². The maximum atomic E-state index is 3.98. The Morgan fingerprint density at radius 2 is 1.75 bits per heavy atom. The molecule has 1 saturated carbocycles. The Hall–Kier alpha value is -0.340. The van der Waals surface area contributed by atoms with Crippen LogP contribution in [0.3, 0.4) is 0 Å². The number of nitrogens with one attached hydrogen (secondary N) is 1. The van der Waals surface area contributed by atoms with Gasteiger partial charge in [0, 0.05) is 30.7 Å². The van der Waals surface area contributed by atoms with Gasteiger partial charge >= 0.3 is 0 Å². The van der Waals surface area contributed by atoms with Crippen LogP contribution in [0.4, 0.5) is 0 Å². The molecule has 0 amide bonds. The quantitative estimate of drug-likeness (QED) is 0.778. The molecule has 1 spiro atoms. The van der Waals surface area contributed by atoms with Gasteiger partial charge in [0.2, 0.25) is 0 Å². The molecule has 0 atom stereocenters. The highest BCUT2D eigenvalue weighted by molar-refractivity contribution is 5.08. The van der Waals surface area contributed by atoms with Gasteiger partial charge in [-0.15, -0.1) is 0 Å². The normalized spacial score (nSPS) is 25.6. The van der Waals surface area contributed by atoms with Crippen molar-refractivity contribution in [2.45, 2.75) is 83.7 Å². The summed E-state index contributed by atoms with van der Waals surface area (Å²) in [6, 6.07) is 0. The molecule has 1 aliphatic carbocycles. The average molecular weight is 278 g/mol. The Kier molecular flexibility index (Phi) is 5.30. The SMILES string of the molecule is CCC1(CC)CNC2(CCCCC2)CN1CC=C(C)C. The fraction of sp³-hybridized carbons (Fsp3) is 0.889. The van der Waals surface area contributed by atoms with E-state index in [4.69, 9.17) is 0 Å². The average Bonchev–Trinajstić information content (AvgIpc) is 2.47. The highest BCUT2D eigenvalue weighted by atomic mass is 15.3. The Morgan fingerprint density at radius 3 is 2.30 bits per heavy atom. The van der Waals surface area contributed by atoms with E-state index in [0.29, 0.717) is 11.1 Å². The summed E-state index contributed by atoms with van der Waals surface area (Å²) in [5.74, 6) is 0. The van der Waals surface area contributed by atoms with Crippen LogP contribution < -0.4 is 5.32 Å². The maximum absolute atomic E-state index is 3.98. The van der Waals surface area contributed by atoms with E-state index >= 15 is 0 Å². The zero-order valence-electron chi connectivity index (χ0n) is 14.1. The van der Waals surface area contributed by atoms with Crippen LogP contribution in [-0.4, -0.2) is 35.6 Å². The second kappa shape index (κ2) is 6.62. The minimum Gasteiger partial charge on any atom is -0.308 e. The third-order valence-electron chi connectivity index (χ3n) is 5.80. The van der Waals surface area contributed by atoms with Gasteiger partial charge in [0.1, 0.15) is 0 Å². The van der Waals surface area contributed by atoms with Crippen molar-refractivity contribution in [1.29, 1.82) is 0 Å². The van der Waals surface area contributed by atoms with Gasteiger partial charge in [0.05, 0.1) is 0 Å². The molecule has 1 aliphatic heterocycles. The van der Waals surface area contributed by atoms with Crippen molar-refractivity contribution in [2.75, 3.05) is 19.6 Å². The fourth-order valence-corrected chi connectivity index (χ4v) is 4.11. The first-order valence-corrected chi connectivity index (χ1v) is 8.69. The van der Waals surface area contributed by atoms with Gasteiger partial charge in [-0.25, -0.2) is 0 Å². The van der Waals surface area contributed by atoms with E-state index in [1.54, 1.807) is 0 Å². The van der Waals surface area contributed by atoms with Crippen molar-refractivity contribution in [3.05, 3.63) is 11.6 Å². The van der Waals surface area contributed by atoms with E-state index in [2.05, 4.69) is 44.0 Å². The summed E-state index contributed by atoms with van der Waals surface area (Å²) in [5, 5.41) is 3.98. The summed E-state index contributed by atoms with van der Waals surface area (Å²) < 4.78 is 0. The standard InChI is InChI=1S/C18H34N2/c1-5-18(6-2)14-19-17(11-8-7-9-12-17)15-20(18)13-10-16(3)4/h10,19H,5-9,11-15H2,1-4H3. The van der Waals surface area contributed by atoms with E-state index < -0.39 is 0 Å². The molecule has 0 aromatic heterocycles. The molecule has 0 aromatic carbocycles. The van der Waals surface area contributed by atoms with Crippen molar-refractivity contribution in [3.8, 4) is 0 Å². The largest absolute Gasteiger partial charge is 0.308 e. The summed E-state index contributed by atoms with van der Waals surface area (Å²) in [6.45, 7) is 12.7. The van der Waals surface area contributed by atoms with Crippen LogP contribution in [0, 0.1) is 0 Å². The first-order chi connectivity index (χ1) is 9.56. The van der Waals surface area contributed by atoms with Crippen LogP contribution in [0.15, 0.2) is 11.6 Å². The van der Waals surface area contributed by atoms with Gasteiger partial charge in [-0.1, -0.05) is 44.8 Å². The molecule has 2 heteroatoms. The highest BCUT2D eigenvalue weighted by Gasteiger charge is 2.45. The minimum atomic E-state index is 0.370. The summed E-state index contributed by atoms with van der Waals surface area (Å²) in [7, 11) is 0. The minimum absolute atomic E-state index is 0.370. The maximum Gasteiger partial charge on any atom is 0.0333 e. The molecule has 20 heavy (non-hydrogen) atoms. The predicted octanol–water partition coefficient (Wildman–Crippen LogP) is 4.12. The van der Waals surface area contributed by atoms with Gasteiger partial charge in [-0.05, 0) is 39.5 Å². The number of piperazine rings is 1. The molecule has 0 aromatic rings. The lowest BCUT2D eigenvalue weighted by Crippen LogP contribution is -2.70. The monoisotopic (exact) mass is 278 g/mol. The molecule has 1 heterocycles. The number of nitrogens with zero attached hydrogens (tertiary/aromatic N) is 1. The van der Waals surface area contributed by atoms with Crippen molar-refractivity contribution < 1.29 is 0 Å². The number of hydrogen-bond donors (Lipinski definition) is 1. The van der Waals surface area contributed by atoms with Gasteiger partial charge in [0.15, 0.2) is 0 Å². The summed E-state index contributed by atoms with van der Waals surface area (Å²) in [5.41, 5.74) is 2.23. The van der Waals surface area contributed by atoms with Crippen LogP contribution in [0.25, 0.3) is 0 Å². The second-order valence-electron chi connectivity index (χ2n) is 7.29. The topological polar surface area (TPSA) is 15.3 Å². The first-order valence-electron chi connectivity index (χ1n) is 8.69. The van der Waals surface area contributed by atoms with E-state index in [1.165, 1.54) is 63.6 Å². The molecular formula is C18H34N2. The number of allylic oxidation sites excluding steroid dienone is 1. The number of rotatable bonds is 4. The lowest BCUT2D eigenvalue weighted by molar-refractivity contribution is -0.00613. The van der Waals surface area contributed by atoms with Crippen LogP contribution in [0.2, 0.25) is 0 Å². The molecule has 2 rings (SSSR count). The lowest BCUT2D eigenvalue weighted by atomic mass is 9.75. The zero-order chi connectivity index (χ0) is 14.6. The van der Waals surface area contributed by atoms with E-state index in [-0.39, 0.29) is 0 Å². The van der Waals surface area contributed by atoms with Crippen LogP contribution in [0.1, 0.15) is 72.6 Å². The molecule has 0 bridgehead atoms. The van der Waals surface area contributed by atoms with E-state index in [9.17, 15) is 0 Å². The van der Waals surface area contributed by atoms with Gasteiger partial charge in [0.25, 0.3) is 0 Å². The molecule has 1 N–H and O–H groups in total. The Balaban J connectivity index is 2.15. The van der Waals surface area contributed by atoms with Gasteiger partial charge in [-0.3, -0.25) is 4.90 Å². The van der Waals surface area contributed by atoms with E-state index in [0.717, 1.165) is 6.54 Å². The van der Waals surface area contributed by atoms with Gasteiger partial charge < -0.3 is 5.32 Å². The molecule has 0 unspecified atom stereocenters. The highest BCUT2D eigenvalue weighted by Crippen LogP contribution is 2.37. The first kappa shape index (κ1) is 16.0. The smallest absolute Gasteiger partial charge is 0.0333 e. The number of hydrogen-bond acceptors (Lipinski definition) is 2. The Bertz CT molecular complexity index is 331. The van der Waals surface area contributed by atoms with Crippen LogP contribution >= 0.6 is 0 Å². The molecule has 2 aliphatic rings.